The Morgan fingerprint density at radius 2 is 2.18 bits per heavy atom. The predicted octanol–water partition coefficient (Wildman–Crippen LogP) is 4.15. The number of nitrogens with one attached hydrogen (secondary N) is 1. The average molecular weight is 245 g/mol. The first kappa shape index (κ1) is 11.2. The predicted molar refractivity (Wildman–Crippen MR) is 75.9 cm³/mol. The number of fused-ring (bicyclic) bond motifs is 1. The minimum atomic E-state index is 0.712. The summed E-state index contributed by atoms with van der Waals surface area (Å²) in [5, 5.41) is 7.08. The molecule has 17 heavy (non-hydrogen) atoms. The second-order valence-corrected chi connectivity index (χ2v) is 5.95. The first-order valence-corrected chi connectivity index (χ1v) is 7.40. The van der Waals surface area contributed by atoms with E-state index < -0.39 is 0 Å². The van der Waals surface area contributed by atoms with Crippen molar-refractivity contribution in [1.29, 1.82) is 0 Å². The Morgan fingerprint density at radius 3 is 3.06 bits per heavy atom. The van der Waals surface area contributed by atoms with E-state index in [2.05, 4.69) is 42.0 Å². The van der Waals surface area contributed by atoms with Crippen LogP contribution in [0.25, 0.3) is 10.1 Å². The maximum atomic E-state index is 3.45. The number of benzene rings is 1. The van der Waals surface area contributed by atoms with E-state index in [0.717, 1.165) is 5.92 Å². The molecule has 2 unspecified atom stereocenters. The molecule has 2 atom stereocenters. The van der Waals surface area contributed by atoms with Gasteiger partial charge < -0.3 is 5.32 Å². The van der Waals surface area contributed by atoms with Crippen molar-refractivity contribution in [1.82, 2.24) is 5.32 Å². The van der Waals surface area contributed by atoms with Crippen LogP contribution < -0.4 is 5.32 Å². The summed E-state index contributed by atoms with van der Waals surface area (Å²) >= 11 is 1.90. The van der Waals surface area contributed by atoms with Crippen LogP contribution in [-0.4, -0.2) is 13.1 Å². The van der Waals surface area contributed by atoms with E-state index in [9.17, 15) is 0 Å². The van der Waals surface area contributed by atoms with Crippen molar-refractivity contribution in [2.24, 2.45) is 0 Å². The van der Waals surface area contributed by atoms with E-state index in [1.807, 2.05) is 11.3 Å². The third kappa shape index (κ3) is 2.12. The Hall–Kier alpha value is -0.860. The van der Waals surface area contributed by atoms with Gasteiger partial charge in [0.25, 0.3) is 0 Å². The fourth-order valence-electron chi connectivity index (χ4n) is 3.07. The van der Waals surface area contributed by atoms with Crippen molar-refractivity contribution in [3.63, 3.8) is 0 Å². The zero-order chi connectivity index (χ0) is 11.7. The zero-order valence-electron chi connectivity index (χ0n) is 10.3. The normalized spacial score (nSPS) is 25.2. The molecule has 1 aliphatic carbocycles. The molecule has 3 rings (SSSR count). The van der Waals surface area contributed by atoms with Gasteiger partial charge in [-0.05, 0) is 54.6 Å². The van der Waals surface area contributed by atoms with Crippen molar-refractivity contribution >= 4 is 21.4 Å². The second kappa shape index (κ2) is 4.79. The lowest BCUT2D eigenvalue weighted by Crippen LogP contribution is -2.30. The first-order valence-electron chi connectivity index (χ1n) is 6.52. The van der Waals surface area contributed by atoms with Crippen molar-refractivity contribution < 1.29 is 0 Å². The molecule has 0 amide bonds. The van der Waals surface area contributed by atoms with Gasteiger partial charge in [-0.25, -0.2) is 0 Å². The highest BCUT2D eigenvalue weighted by Crippen LogP contribution is 2.38. The maximum absolute atomic E-state index is 3.45. The van der Waals surface area contributed by atoms with E-state index in [0.29, 0.717) is 6.04 Å². The summed E-state index contributed by atoms with van der Waals surface area (Å²) in [6.07, 6.45) is 5.36. The summed E-state index contributed by atoms with van der Waals surface area (Å²) in [6.45, 7) is 0. The maximum Gasteiger partial charge on any atom is 0.0377 e. The largest absolute Gasteiger partial charge is 0.317 e. The van der Waals surface area contributed by atoms with Crippen LogP contribution in [-0.2, 0) is 0 Å². The van der Waals surface area contributed by atoms with E-state index in [1.165, 1.54) is 35.8 Å². The van der Waals surface area contributed by atoms with Crippen LogP contribution in [0.4, 0.5) is 0 Å². The molecule has 2 aromatic rings. The number of hydrogen-bond acceptors (Lipinski definition) is 2. The Bertz CT molecular complexity index is 502. The third-order valence-electron chi connectivity index (χ3n) is 4.03. The van der Waals surface area contributed by atoms with Crippen LogP contribution in [0.15, 0.2) is 29.6 Å². The molecule has 1 fully saturated rings. The molecule has 0 aliphatic heterocycles. The van der Waals surface area contributed by atoms with Crippen LogP contribution in [0.5, 0.6) is 0 Å². The molecule has 1 N–H and O–H groups in total. The molecule has 90 valence electrons. The van der Waals surface area contributed by atoms with Gasteiger partial charge in [0.1, 0.15) is 0 Å². The molecule has 1 nitrogen and oxygen atoms in total. The van der Waals surface area contributed by atoms with Gasteiger partial charge in [0.15, 0.2) is 0 Å². The third-order valence-corrected chi connectivity index (χ3v) is 5.01. The quantitative estimate of drug-likeness (QED) is 0.838. The van der Waals surface area contributed by atoms with Crippen LogP contribution >= 0.6 is 11.3 Å². The Kier molecular flexibility index (Phi) is 3.17. The Balaban J connectivity index is 1.94. The molecule has 1 aliphatic rings. The zero-order valence-corrected chi connectivity index (χ0v) is 11.1. The summed E-state index contributed by atoms with van der Waals surface area (Å²) in [6, 6.07) is 9.73. The van der Waals surface area contributed by atoms with Crippen molar-refractivity contribution in [2.75, 3.05) is 7.05 Å². The van der Waals surface area contributed by atoms with Crippen molar-refractivity contribution in [3.8, 4) is 0 Å². The topological polar surface area (TPSA) is 12.0 Å². The number of thiophene rings is 1. The standard InChI is InChI=1S/C15H19NS/c1-16-13-6-2-5-12(10-13)14-7-3-4-11-8-9-17-15(11)14/h3-4,7-9,12-13,16H,2,5-6,10H2,1H3. The molecule has 0 bridgehead atoms. The minimum absolute atomic E-state index is 0.712. The van der Waals surface area contributed by atoms with E-state index in [-0.39, 0.29) is 0 Å². The van der Waals surface area contributed by atoms with Gasteiger partial charge in [-0.1, -0.05) is 24.6 Å². The molecule has 0 radical (unpaired) electrons. The van der Waals surface area contributed by atoms with Crippen LogP contribution in [0.3, 0.4) is 0 Å². The van der Waals surface area contributed by atoms with Crippen LogP contribution in [0, 0.1) is 0 Å². The molecule has 1 aromatic carbocycles. The van der Waals surface area contributed by atoms with Crippen molar-refractivity contribution in [3.05, 3.63) is 35.2 Å². The summed E-state index contributed by atoms with van der Waals surface area (Å²) < 4.78 is 1.51. The minimum Gasteiger partial charge on any atom is -0.317 e. The second-order valence-electron chi connectivity index (χ2n) is 5.04. The Labute approximate surface area is 107 Å². The highest BCUT2D eigenvalue weighted by atomic mass is 32.1. The molecular weight excluding hydrogens is 226 g/mol. The van der Waals surface area contributed by atoms with Gasteiger partial charge in [-0.2, -0.15) is 0 Å². The molecule has 0 saturated heterocycles. The summed E-state index contributed by atoms with van der Waals surface area (Å²) in [4.78, 5) is 0. The molecule has 1 heterocycles. The molecule has 1 aromatic heterocycles. The van der Waals surface area contributed by atoms with Gasteiger partial charge in [0.2, 0.25) is 0 Å². The van der Waals surface area contributed by atoms with Gasteiger partial charge in [0, 0.05) is 10.7 Å². The van der Waals surface area contributed by atoms with Gasteiger partial charge in [-0.15, -0.1) is 11.3 Å². The highest BCUT2D eigenvalue weighted by Gasteiger charge is 2.23. The smallest absolute Gasteiger partial charge is 0.0377 e. The summed E-state index contributed by atoms with van der Waals surface area (Å²) in [7, 11) is 2.10. The van der Waals surface area contributed by atoms with Crippen LogP contribution in [0.2, 0.25) is 0 Å². The molecular formula is C15H19NS. The number of hydrogen-bond donors (Lipinski definition) is 1. The highest BCUT2D eigenvalue weighted by molar-refractivity contribution is 7.17. The van der Waals surface area contributed by atoms with Gasteiger partial charge in [0.05, 0.1) is 0 Å². The van der Waals surface area contributed by atoms with E-state index in [1.54, 1.807) is 5.56 Å². The number of rotatable bonds is 2. The fraction of sp³-hybridized carbons (Fsp3) is 0.467. The fourth-order valence-corrected chi connectivity index (χ4v) is 4.07. The first-order chi connectivity index (χ1) is 8.38. The monoisotopic (exact) mass is 245 g/mol. The summed E-state index contributed by atoms with van der Waals surface area (Å²) in [5.74, 6) is 0.753. The van der Waals surface area contributed by atoms with Gasteiger partial charge >= 0.3 is 0 Å². The molecule has 2 heteroatoms. The van der Waals surface area contributed by atoms with Crippen LogP contribution in [0.1, 0.15) is 37.2 Å². The lowest BCUT2D eigenvalue weighted by Gasteiger charge is -2.29. The Morgan fingerprint density at radius 1 is 1.24 bits per heavy atom. The lowest BCUT2D eigenvalue weighted by atomic mass is 9.81. The summed E-state index contributed by atoms with van der Waals surface area (Å²) in [5.41, 5.74) is 1.58. The van der Waals surface area contributed by atoms with E-state index in [4.69, 9.17) is 0 Å². The molecule has 1 saturated carbocycles. The average Bonchev–Trinajstić information content (AvgIpc) is 2.87. The van der Waals surface area contributed by atoms with Gasteiger partial charge in [-0.3, -0.25) is 0 Å². The molecule has 0 spiro atoms. The van der Waals surface area contributed by atoms with E-state index >= 15 is 0 Å². The van der Waals surface area contributed by atoms with Crippen molar-refractivity contribution in [2.45, 2.75) is 37.6 Å². The lowest BCUT2D eigenvalue weighted by molar-refractivity contribution is 0.357. The SMILES string of the molecule is CNC1CCCC(c2cccc3ccsc23)C1.